The molecule has 10 heavy (non-hydrogen) atoms. The zero-order valence-corrected chi connectivity index (χ0v) is 8.19. The lowest BCUT2D eigenvalue weighted by atomic mass is 10.4. The van der Waals surface area contributed by atoms with Gasteiger partial charge in [-0.25, -0.2) is 0 Å². The maximum atomic E-state index is 11.7. The lowest BCUT2D eigenvalue weighted by Gasteiger charge is -2.16. The molecule has 0 fully saturated rings. The van der Waals surface area contributed by atoms with Gasteiger partial charge in [0, 0.05) is 17.9 Å². The molecule has 0 saturated heterocycles. The van der Waals surface area contributed by atoms with E-state index >= 15 is 0 Å². The smallest absolute Gasteiger partial charge is 0.0906 e. The SMILES string of the molecule is CC(Br)CN(C)CCCF. The minimum Gasteiger partial charge on any atom is -0.305 e. The van der Waals surface area contributed by atoms with Crippen LogP contribution in [0.3, 0.4) is 0 Å². The average molecular weight is 212 g/mol. The summed E-state index contributed by atoms with van der Waals surface area (Å²) in [7, 11) is 2.01. The Bertz CT molecular complexity index is 78.0. The summed E-state index contributed by atoms with van der Waals surface area (Å²) in [5.41, 5.74) is 0. The van der Waals surface area contributed by atoms with Gasteiger partial charge in [0.1, 0.15) is 0 Å². The second-order valence-electron chi connectivity index (χ2n) is 2.59. The Kier molecular flexibility index (Phi) is 6.33. The highest BCUT2D eigenvalue weighted by Gasteiger charge is 2.00. The van der Waals surface area contributed by atoms with E-state index in [9.17, 15) is 4.39 Å². The van der Waals surface area contributed by atoms with Crippen molar-refractivity contribution in [1.82, 2.24) is 4.90 Å². The predicted molar refractivity (Wildman–Crippen MR) is 46.5 cm³/mol. The van der Waals surface area contributed by atoms with Crippen molar-refractivity contribution in [2.45, 2.75) is 18.2 Å². The first-order valence-corrected chi connectivity index (χ1v) is 4.47. The van der Waals surface area contributed by atoms with Crippen molar-refractivity contribution in [3.8, 4) is 0 Å². The van der Waals surface area contributed by atoms with E-state index in [1.54, 1.807) is 0 Å². The Morgan fingerprint density at radius 2 is 2.20 bits per heavy atom. The third-order valence-electron chi connectivity index (χ3n) is 1.24. The van der Waals surface area contributed by atoms with Crippen LogP contribution in [0.15, 0.2) is 0 Å². The molecule has 62 valence electrons. The second-order valence-corrected chi connectivity index (χ2v) is 4.15. The van der Waals surface area contributed by atoms with Crippen molar-refractivity contribution in [2.24, 2.45) is 0 Å². The molecule has 0 aromatic carbocycles. The molecule has 0 aliphatic carbocycles. The fraction of sp³-hybridized carbons (Fsp3) is 1.00. The van der Waals surface area contributed by atoms with Crippen molar-refractivity contribution < 1.29 is 4.39 Å². The molecular weight excluding hydrogens is 197 g/mol. The van der Waals surface area contributed by atoms with Gasteiger partial charge < -0.3 is 4.90 Å². The molecule has 0 saturated carbocycles. The summed E-state index contributed by atoms with van der Waals surface area (Å²) < 4.78 is 11.7. The Balaban J connectivity index is 3.16. The number of rotatable bonds is 5. The van der Waals surface area contributed by atoms with Gasteiger partial charge in [0.2, 0.25) is 0 Å². The van der Waals surface area contributed by atoms with Crippen LogP contribution in [-0.2, 0) is 0 Å². The van der Waals surface area contributed by atoms with Crippen LogP contribution >= 0.6 is 15.9 Å². The highest BCUT2D eigenvalue weighted by molar-refractivity contribution is 9.09. The third-order valence-corrected chi connectivity index (χ3v) is 1.53. The Labute approximate surface area is 70.7 Å². The van der Waals surface area contributed by atoms with Crippen LogP contribution in [0.25, 0.3) is 0 Å². The lowest BCUT2D eigenvalue weighted by Crippen LogP contribution is -2.25. The van der Waals surface area contributed by atoms with Crippen molar-refractivity contribution in [1.29, 1.82) is 0 Å². The summed E-state index contributed by atoms with van der Waals surface area (Å²) in [5.74, 6) is 0. The fourth-order valence-electron chi connectivity index (χ4n) is 0.850. The molecule has 0 bridgehead atoms. The molecule has 1 nitrogen and oxygen atoms in total. The Hall–Kier alpha value is 0.370. The van der Waals surface area contributed by atoms with E-state index < -0.39 is 0 Å². The number of alkyl halides is 2. The first-order chi connectivity index (χ1) is 4.66. The summed E-state index contributed by atoms with van der Waals surface area (Å²) in [4.78, 5) is 2.62. The zero-order valence-electron chi connectivity index (χ0n) is 6.61. The molecule has 0 N–H and O–H groups in total. The van der Waals surface area contributed by atoms with Gasteiger partial charge in [0.05, 0.1) is 6.67 Å². The van der Waals surface area contributed by atoms with Crippen LogP contribution in [0, 0.1) is 0 Å². The number of hydrogen-bond acceptors (Lipinski definition) is 1. The molecule has 0 aliphatic heterocycles. The Morgan fingerprint density at radius 1 is 1.60 bits per heavy atom. The number of hydrogen-bond donors (Lipinski definition) is 0. The summed E-state index contributed by atoms with van der Waals surface area (Å²) in [5, 5.41) is 0. The van der Waals surface area contributed by atoms with E-state index in [1.165, 1.54) is 0 Å². The molecular formula is C7H15BrFN. The van der Waals surface area contributed by atoms with E-state index in [0.29, 0.717) is 11.2 Å². The average Bonchev–Trinajstić information content (AvgIpc) is 1.82. The predicted octanol–water partition coefficient (Wildman–Crippen LogP) is 2.06. The van der Waals surface area contributed by atoms with Crippen LogP contribution in [0.2, 0.25) is 0 Å². The van der Waals surface area contributed by atoms with Gasteiger partial charge in [-0.05, 0) is 13.5 Å². The molecule has 0 spiro atoms. The van der Waals surface area contributed by atoms with Gasteiger partial charge in [0.15, 0.2) is 0 Å². The van der Waals surface area contributed by atoms with E-state index in [4.69, 9.17) is 0 Å². The van der Waals surface area contributed by atoms with E-state index in [2.05, 4.69) is 27.8 Å². The van der Waals surface area contributed by atoms with Gasteiger partial charge in [-0.3, -0.25) is 4.39 Å². The maximum absolute atomic E-state index is 11.7. The lowest BCUT2D eigenvalue weighted by molar-refractivity contribution is 0.314. The van der Waals surface area contributed by atoms with E-state index in [0.717, 1.165) is 13.1 Å². The second kappa shape index (κ2) is 6.10. The van der Waals surface area contributed by atoms with Crippen molar-refractivity contribution in [2.75, 3.05) is 26.8 Å². The quantitative estimate of drug-likeness (QED) is 0.630. The van der Waals surface area contributed by atoms with Crippen LogP contribution in [0.1, 0.15) is 13.3 Å². The largest absolute Gasteiger partial charge is 0.305 e. The van der Waals surface area contributed by atoms with Gasteiger partial charge in [-0.1, -0.05) is 22.9 Å². The monoisotopic (exact) mass is 211 g/mol. The first-order valence-electron chi connectivity index (χ1n) is 3.55. The molecule has 3 heteroatoms. The van der Waals surface area contributed by atoms with Gasteiger partial charge >= 0.3 is 0 Å². The molecule has 0 aromatic rings. The van der Waals surface area contributed by atoms with Crippen LogP contribution < -0.4 is 0 Å². The normalized spacial score (nSPS) is 14.1. The van der Waals surface area contributed by atoms with Gasteiger partial charge in [0.25, 0.3) is 0 Å². The Morgan fingerprint density at radius 3 is 2.60 bits per heavy atom. The van der Waals surface area contributed by atoms with Crippen molar-refractivity contribution in [3.05, 3.63) is 0 Å². The highest BCUT2D eigenvalue weighted by atomic mass is 79.9. The fourth-order valence-corrected chi connectivity index (χ4v) is 1.34. The molecule has 1 atom stereocenters. The summed E-state index contributed by atoms with van der Waals surface area (Å²) in [6, 6.07) is 0. The molecule has 0 aliphatic rings. The third kappa shape index (κ3) is 6.49. The minimum atomic E-state index is -0.207. The number of halogens is 2. The molecule has 0 radical (unpaired) electrons. The molecule has 0 amide bonds. The van der Waals surface area contributed by atoms with E-state index in [1.807, 2.05) is 7.05 Å². The summed E-state index contributed by atoms with van der Waals surface area (Å²) in [6.07, 6.45) is 0.649. The standard InChI is InChI=1S/C7H15BrFN/c1-7(8)6-10(2)5-3-4-9/h7H,3-6H2,1-2H3. The van der Waals surface area contributed by atoms with Gasteiger partial charge in [-0.15, -0.1) is 0 Å². The highest BCUT2D eigenvalue weighted by Crippen LogP contribution is 1.99. The van der Waals surface area contributed by atoms with Crippen molar-refractivity contribution in [3.63, 3.8) is 0 Å². The van der Waals surface area contributed by atoms with Crippen molar-refractivity contribution >= 4 is 15.9 Å². The molecule has 0 rings (SSSR count). The molecule has 0 heterocycles. The zero-order chi connectivity index (χ0) is 7.98. The van der Waals surface area contributed by atoms with Crippen LogP contribution in [-0.4, -0.2) is 36.5 Å². The van der Waals surface area contributed by atoms with Crippen LogP contribution in [0.5, 0.6) is 0 Å². The summed E-state index contributed by atoms with van der Waals surface area (Å²) >= 11 is 3.43. The van der Waals surface area contributed by atoms with Gasteiger partial charge in [-0.2, -0.15) is 0 Å². The minimum absolute atomic E-state index is 0.207. The number of nitrogens with zero attached hydrogens (tertiary/aromatic N) is 1. The topological polar surface area (TPSA) is 3.24 Å². The molecule has 1 unspecified atom stereocenters. The maximum Gasteiger partial charge on any atom is 0.0906 e. The summed E-state index contributed by atoms with van der Waals surface area (Å²) in [6.45, 7) is 3.72. The van der Waals surface area contributed by atoms with Crippen LogP contribution in [0.4, 0.5) is 4.39 Å². The molecule has 0 aromatic heterocycles. The first kappa shape index (κ1) is 10.4. The van der Waals surface area contributed by atoms with E-state index in [-0.39, 0.29) is 6.67 Å².